The first-order valence-corrected chi connectivity index (χ1v) is 2.16. The molecule has 0 aliphatic rings. The van der Waals surface area contributed by atoms with E-state index in [1.807, 2.05) is 13.8 Å². The number of nitrogens with one attached hydrogen (secondary N) is 1. The molecule has 1 aromatic heterocycles. The van der Waals surface area contributed by atoms with Gasteiger partial charge in [-0.1, -0.05) is 19.1 Å². The van der Waals surface area contributed by atoms with Gasteiger partial charge in [-0.05, 0) is 0 Å². The molecule has 0 unspecified atom stereocenters. The van der Waals surface area contributed by atoms with E-state index in [1.54, 1.807) is 0 Å². The van der Waals surface area contributed by atoms with Crippen LogP contribution in [0.4, 0.5) is 0 Å². The van der Waals surface area contributed by atoms with Crippen molar-refractivity contribution in [2.45, 2.75) is 13.8 Å². The number of aromatic amines is 1. The Morgan fingerprint density at radius 2 is 2.14 bits per heavy atom. The molecule has 4 nitrogen and oxygen atoms in total. The summed E-state index contributed by atoms with van der Waals surface area (Å²) in [7, 11) is 0. The van der Waals surface area contributed by atoms with E-state index in [2.05, 4.69) is 20.6 Å². The molecule has 0 spiro atoms. The van der Waals surface area contributed by atoms with Gasteiger partial charge in [-0.3, -0.25) is 0 Å². The quantitative estimate of drug-likeness (QED) is 0.507. The molecular weight excluding hydrogens is 92.1 g/mol. The maximum Gasteiger partial charge on any atom is 0.161 e. The van der Waals surface area contributed by atoms with Crippen molar-refractivity contribution in [2.24, 2.45) is 0 Å². The van der Waals surface area contributed by atoms with E-state index in [9.17, 15) is 0 Å². The van der Waals surface area contributed by atoms with Gasteiger partial charge in [0.15, 0.2) is 6.33 Å². The molecule has 0 bridgehead atoms. The number of rotatable bonds is 0. The molecule has 0 aliphatic heterocycles. The molecule has 0 saturated carbocycles. The van der Waals surface area contributed by atoms with Crippen LogP contribution in [0.3, 0.4) is 0 Å². The minimum atomic E-state index is 1.33. The van der Waals surface area contributed by atoms with Gasteiger partial charge in [-0.2, -0.15) is 5.21 Å². The maximum atomic E-state index is 3.38. The van der Waals surface area contributed by atoms with E-state index in [4.69, 9.17) is 0 Å². The molecule has 1 rings (SSSR count). The van der Waals surface area contributed by atoms with Crippen molar-refractivity contribution >= 4 is 0 Å². The first-order chi connectivity index (χ1) is 3.50. The van der Waals surface area contributed by atoms with Crippen molar-refractivity contribution in [3.63, 3.8) is 0 Å². The number of hydrogen-bond donors (Lipinski definition) is 1. The number of tetrazole rings is 1. The van der Waals surface area contributed by atoms with Gasteiger partial charge in [0.05, 0.1) is 0 Å². The maximum absolute atomic E-state index is 3.38. The lowest BCUT2D eigenvalue weighted by molar-refractivity contribution is 0.881. The Kier molecular flexibility index (Phi) is 4.40. The van der Waals surface area contributed by atoms with Crippen LogP contribution >= 0.6 is 0 Å². The van der Waals surface area contributed by atoms with Gasteiger partial charge in [0.25, 0.3) is 0 Å². The molecule has 0 amide bonds. The highest BCUT2D eigenvalue weighted by molar-refractivity contribution is 4.24. The first kappa shape index (κ1) is 6.07. The predicted octanol–water partition coefficient (Wildman–Crippen LogP) is 0.226. The highest BCUT2D eigenvalue weighted by Gasteiger charge is 1.58. The summed E-state index contributed by atoms with van der Waals surface area (Å²) in [6.45, 7) is 4.00. The molecule has 1 heterocycles. The third-order valence-electron chi connectivity index (χ3n) is 0.270. The average Bonchev–Trinajstić information content (AvgIpc) is 2.23. The summed E-state index contributed by atoms with van der Waals surface area (Å²) in [4.78, 5) is 0. The summed E-state index contributed by atoms with van der Waals surface area (Å²) in [6.07, 6.45) is 1.33. The second kappa shape index (κ2) is 5.07. The highest BCUT2D eigenvalue weighted by Crippen LogP contribution is 1.43. The van der Waals surface area contributed by atoms with Crippen LogP contribution in [-0.4, -0.2) is 20.6 Å². The smallest absolute Gasteiger partial charge is 0.161 e. The molecule has 0 fully saturated rings. The molecule has 0 aromatic carbocycles. The Morgan fingerprint density at radius 3 is 2.29 bits per heavy atom. The van der Waals surface area contributed by atoms with Crippen LogP contribution in [0, 0.1) is 0 Å². The van der Waals surface area contributed by atoms with Crippen LogP contribution in [0.15, 0.2) is 6.33 Å². The van der Waals surface area contributed by atoms with Gasteiger partial charge in [-0.25, -0.2) is 0 Å². The van der Waals surface area contributed by atoms with E-state index in [-0.39, 0.29) is 0 Å². The molecule has 0 saturated heterocycles. The fourth-order valence-electron chi connectivity index (χ4n) is 0.129. The SMILES string of the molecule is CC.c1nn[nH]n1. The van der Waals surface area contributed by atoms with Crippen molar-refractivity contribution in [3.05, 3.63) is 6.33 Å². The summed E-state index contributed by atoms with van der Waals surface area (Å²) in [5.41, 5.74) is 0. The van der Waals surface area contributed by atoms with Crippen LogP contribution in [0.25, 0.3) is 0 Å². The number of H-pyrrole nitrogens is 1. The second-order valence-electron chi connectivity index (χ2n) is 0.560. The van der Waals surface area contributed by atoms with Gasteiger partial charge in [0.2, 0.25) is 0 Å². The monoisotopic (exact) mass is 100 g/mol. The van der Waals surface area contributed by atoms with Gasteiger partial charge in [-0.15, -0.1) is 10.2 Å². The van der Waals surface area contributed by atoms with E-state index >= 15 is 0 Å². The molecule has 0 radical (unpaired) electrons. The minimum Gasteiger partial charge on any atom is -0.177 e. The van der Waals surface area contributed by atoms with Gasteiger partial charge in [0.1, 0.15) is 0 Å². The Hall–Kier alpha value is -0.930. The van der Waals surface area contributed by atoms with Crippen LogP contribution in [0.5, 0.6) is 0 Å². The topological polar surface area (TPSA) is 54.5 Å². The van der Waals surface area contributed by atoms with E-state index in [0.29, 0.717) is 0 Å². The zero-order chi connectivity index (χ0) is 5.54. The molecule has 0 atom stereocenters. The third kappa shape index (κ3) is 2.88. The van der Waals surface area contributed by atoms with Crippen LogP contribution in [0.2, 0.25) is 0 Å². The summed E-state index contributed by atoms with van der Waals surface area (Å²) < 4.78 is 0. The van der Waals surface area contributed by atoms with Crippen LogP contribution in [0.1, 0.15) is 13.8 Å². The fraction of sp³-hybridized carbons (Fsp3) is 0.667. The highest BCUT2D eigenvalue weighted by atomic mass is 15.5. The Bertz CT molecular complexity index is 63.4. The normalized spacial score (nSPS) is 6.57. The van der Waals surface area contributed by atoms with Crippen molar-refractivity contribution < 1.29 is 0 Å². The van der Waals surface area contributed by atoms with Gasteiger partial charge < -0.3 is 0 Å². The first-order valence-electron chi connectivity index (χ1n) is 2.16. The molecule has 1 aromatic rings. The zero-order valence-electron chi connectivity index (χ0n) is 4.42. The zero-order valence-corrected chi connectivity index (χ0v) is 4.42. The molecule has 1 N–H and O–H groups in total. The van der Waals surface area contributed by atoms with Crippen LogP contribution in [-0.2, 0) is 0 Å². The minimum absolute atomic E-state index is 1.33. The number of nitrogens with zero attached hydrogens (tertiary/aromatic N) is 3. The van der Waals surface area contributed by atoms with Crippen molar-refractivity contribution in [1.82, 2.24) is 20.6 Å². The summed E-state index contributed by atoms with van der Waals surface area (Å²) in [6, 6.07) is 0. The largest absolute Gasteiger partial charge is 0.177 e. The van der Waals surface area contributed by atoms with Gasteiger partial charge in [0, 0.05) is 0 Å². The van der Waals surface area contributed by atoms with Gasteiger partial charge >= 0.3 is 0 Å². The van der Waals surface area contributed by atoms with E-state index in [1.165, 1.54) is 6.33 Å². The van der Waals surface area contributed by atoms with Crippen molar-refractivity contribution in [3.8, 4) is 0 Å². The molecule has 40 valence electrons. The number of aromatic nitrogens is 4. The van der Waals surface area contributed by atoms with Crippen molar-refractivity contribution in [1.29, 1.82) is 0 Å². The summed E-state index contributed by atoms with van der Waals surface area (Å²) in [5.74, 6) is 0. The molecule has 0 aliphatic carbocycles. The molecular formula is C3H8N4. The van der Waals surface area contributed by atoms with Crippen LogP contribution < -0.4 is 0 Å². The predicted molar refractivity (Wildman–Crippen MR) is 25.5 cm³/mol. The lowest BCUT2D eigenvalue weighted by Crippen LogP contribution is -1.64. The second-order valence-corrected chi connectivity index (χ2v) is 0.560. The van der Waals surface area contributed by atoms with E-state index in [0.717, 1.165) is 0 Å². The third-order valence-corrected chi connectivity index (χ3v) is 0.270. The summed E-state index contributed by atoms with van der Waals surface area (Å²) >= 11 is 0. The molecule has 7 heavy (non-hydrogen) atoms. The Labute approximate surface area is 41.9 Å². The van der Waals surface area contributed by atoms with Crippen molar-refractivity contribution in [2.75, 3.05) is 0 Å². The Morgan fingerprint density at radius 1 is 1.43 bits per heavy atom. The van der Waals surface area contributed by atoms with E-state index < -0.39 is 0 Å². The summed E-state index contributed by atoms with van der Waals surface area (Å²) in [5, 5.41) is 12.2. The fourth-order valence-corrected chi connectivity index (χ4v) is 0.129. The number of hydrogen-bond acceptors (Lipinski definition) is 3. The molecule has 4 heteroatoms. The standard InChI is InChI=1S/C2H6.CH2N4/c1-2;1-2-4-5-3-1/h1-2H3;1H,(H,2,3,4,5). The Balaban J connectivity index is 0.000000162. The lowest BCUT2D eigenvalue weighted by Gasteiger charge is -1.44. The lowest BCUT2D eigenvalue weighted by atomic mass is 11.0. The average molecular weight is 100 g/mol.